The molecule has 2 rings (SSSR count). The minimum atomic E-state index is -4.61. The van der Waals surface area contributed by atoms with E-state index in [1.54, 1.807) is 0 Å². The first-order chi connectivity index (χ1) is 10.3. The van der Waals surface area contributed by atoms with Crippen LogP contribution in [0.5, 0.6) is 0 Å². The second kappa shape index (κ2) is 6.22. The number of pyridine rings is 1. The van der Waals surface area contributed by atoms with Gasteiger partial charge in [-0.05, 0) is 30.0 Å². The normalized spacial score (nSPS) is 11.3. The van der Waals surface area contributed by atoms with Crippen LogP contribution in [0, 0.1) is 6.92 Å². The van der Waals surface area contributed by atoms with E-state index in [1.165, 1.54) is 11.3 Å². The van der Waals surface area contributed by atoms with Crippen molar-refractivity contribution in [1.29, 1.82) is 0 Å². The summed E-state index contributed by atoms with van der Waals surface area (Å²) in [6.45, 7) is 2.11. The number of carbonyl (C=O) groups is 1. The maximum Gasteiger partial charge on any atom is 0.417 e. The Kier molecular flexibility index (Phi) is 4.55. The van der Waals surface area contributed by atoms with E-state index >= 15 is 0 Å². The molecule has 118 valence electrons. The zero-order valence-corrected chi connectivity index (χ0v) is 12.2. The van der Waals surface area contributed by atoms with Crippen molar-refractivity contribution in [2.24, 2.45) is 0 Å². The second-order valence-corrected chi connectivity index (χ2v) is 5.46. The molecule has 0 unspecified atom stereocenters. The van der Waals surface area contributed by atoms with E-state index in [2.05, 4.69) is 10.6 Å². The molecule has 0 aromatic carbocycles. The number of aromatic amines is 1. The van der Waals surface area contributed by atoms with Crippen LogP contribution in [0.25, 0.3) is 0 Å². The molecule has 3 N–H and O–H groups in total. The number of anilines is 1. The van der Waals surface area contributed by atoms with Crippen molar-refractivity contribution < 1.29 is 18.0 Å². The fourth-order valence-electron chi connectivity index (χ4n) is 1.65. The molecule has 22 heavy (non-hydrogen) atoms. The summed E-state index contributed by atoms with van der Waals surface area (Å²) in [6.07, 6.45) is -4.05. The van der Waals surface area contributed by atoms with Gasteiger partial charge in [-0.3, -0.25) is 4.79 Å². The monoisotopic (exact) mass is 331 g/mol. The number of hydrogen-bond donors (Lipinski definition) is 3. The first-order valence-electron chi connectivity index (χ1n) is 6.15. The van der Waals surface area contributed by atoms with Gasteiger partial charge in [0.25, 0.3) is 5.56 Å². The number of alkyl halides is 3. The number of carbonyl (C=O) groups excluding carboxylic acids is 1. The van der Waals surface area contributed by atoms with Crippen molar-refractivity contribution in [2.75, 3.05) is 5.32 Å². The van der Waals surface area contributed by atoms with Crippen LogP contribution < -0.4 is 16.2 Å². The molecule has 0 fully saturated rings. The maximum atomic E-state index is 12.6. The van der Waals surface area contributed by atoms with Crippen LogP contribution in [0.15, 0.2) is 28.5 Å². The van der Waals surface area contributed by atoms with E-state index in [1.807, 2.05) is 23.4 Å². The summed E-state index contributed by atoms with van der Waals surface area (Å²) in [7, 11) is 0. The lowest BCUT2D eigenvalue weighted by Gasteiger charge is -2.10. The number of thiophene rings is 1. The minimum Gasteiger partial charge on any atom is -0.333 e. The second-order valence-electron chi connectivity index (χ2n) is 4.46. The summed E-state index contributed by atoms with van der Waals surface area (Å²) in [4.78, 5) is 26.0. The van der Waals surface area contributed by atoms with E-state index < -0.39 is 29.0 Å². The molecule has 2 amide bonds. The van der Waals surface area contributed by atoms with Crippen LogP contribution in [-0.2, 0) is 12.7 Å². The fraction of sp³-hybridized carbons (Fsp3) is 0.231. The molecule has 2 aromatic rings. The number of rotatable bonds is 3. The molecule has 0 aliphatic rings. The minimum absolute atomic E-state index is 0.228. The zero-order chi connectivity index (χ0) is 16.3. The molecule has 0 bridgehead atoms. The van der Waals surface area contributed by atoms with Gasteiger partial charge in [0.1, 0.15) is 5.69 Å². The first kappa shape index (κ1) is 16.1. The van der Waals surface area contributed by atoms with Gasteiger partial charge in [-0.15, -0.1) is 11.3 Å². The third kappa shape index (κ3) is 3.88. The highest BCUT2D eigenvalue weighted by Gasteiger charge is 2.31. The molecule has 9 heteroatoms. The highest BCUT2D eigenvalue weighted by atomic mass is 32.1. The smallest absolute Gasteiger partial charge is 0.333 e. The van der Waals surface area contributed by atoms with Gasteiger partial charge in [0.15, 0.2) is 0 Å². The number of aromatic nitrogens is 1. The predicted molar refractivity (Wildman–Crippen MR) is 77.0 cm³/mol. The summed E-state index contributed by atoms with van der Waals surface area (Å²) < 4.78 is 37.7. The van der Waals surface area contributed by atoms with Crippen molar-refractivity contribution in [3.8, 4) is 0 Å². The molecule has 0 atom stereocenters. The number of H-pyrrole nitrogens is 1. The van der Waals surface area contributed by atoms with Gasteiger partial charge in [-0.25, -0.2) is 4.79 Å². The average Bonchev–Trinajstić information content (AvgIpc) is 2.83. The molecule has 2 heterocycles. The van der Waals surface area contributed by atoms with Gasteiger partial charge < -0.3 is 15.6 Å². The third-order valence-corrected chi connectivity index (χ3v) is 3.88. The van der Waals surface area contributed by atoms with E-state index in [9.17, 15) is 22.8 Å². The molecule has 0 radical (unpaired) electrons. The number of nitrogens with one attached hydrogen (secondary N) is 3. The molecular weight excluding hydrogens is 319 g/mol. The van der Waals surface area contributed by atoms with Gasteiger partial charge in [0, 0.05) is 11.1 Å². The maximum absolute atomic E-state index is 12.6. The summed E-state index contributed by atoms with van der Waals surface area (Å²) in [5.41, 5.74) is -1.32. The molecule has 0 saturated heterocycles. The van der Waals surface area contributed by atoms with E-state index in [4.69, 9.17) is 0 Å². The number of halogens is 3. The van der Waals surface area contributed by atoms with Crippen LogP contribution in [0.2, 0.25) is 0 Å². The van der Waals surface area contributed by atoms with Gasteiger partial charge in [-0.2, -0.15) is 13.2 Å². The van der Waals surface area contributed by atoms with Crippen LogP contribution in [0.4, 0.5) is 23.7 Å². The predicted octanol–water partition coefficient (Wildman–Crippen LogP) is 3.09. The number of urea groups is 1. The SMILES string of the molecule is Cc1ccsc1CNC(=O)Nc1cc(C(F)(F)F)c[nH]c1=O. The van der Waals surface area contributed by atoms with E-state index in [0.717, 1.165) is 10.4 Å². The first-order valence-corrected chi connectivity index (χ1v) is 7.03. The van der Waals surface area contributed by atoms with E-state index in [-0.39, 0.29) is 6.54 Å². The zero-order valence-electron chi connectivity index (χ0n) is 11.4. The van der Waals surface area contributed by atoms with Crippen LogP contribution in [0.1, 0.15) is 16.0 Å². The summed E-state index contributed by atoms with van der Waals surface area (Å²) >= 11 is 1.45. The fourth-order valence-corrected chi connectivity index (χ4v) is 2.50. The lowest BCUT2D eigenvalue weighted by Crippen LogP contribution is -2.31. The topological polar surface area (TPSA) is 74.0 Å². The highest BCUT2D eigenvalue weighted by molar-refractivity contribution is 7.10. The van der Waals surface area contributed by atoms with Crippen molar-refractivity contribution in [1.82, 2.24) is 10.3 Å². The molecular formula is C13H12F3N3O2S. The molecule has 0 spiro atoms. The molecule has 0 aliphatic heterocycles. The van der Waals surface area contributed by atoms with Gasteiger partial charge in [0.05, 0.1) is 12.1 Å². The van der Waals surface area contributed by atoms with Gasteiger partial charge in [0.2, 0.25) is 0 Å². The van der Waals surface area contributed by atoms with Crippen LogP contribution in [0.3, 0.4) is 0 Å². The Bertz CT molecular complexity index is 737. The van der Waals surface area contributed by atoms with Crippen molar-refractivity contribution in [3.05, 3.63) is 50.1 Å². The Morgan fingerprint density at radius 1 is 1.41 bits per heavy atom. The summed E-state index contributed by atoms with van der Waals surface area (Å²) in [6, 6.07) is 1.73. The number of hydrogen-bond acceptors (Lipinski definition) is 3. The lowest BCUT2D eigenvalue weighted by atomic mass is 10.2. The number of amides is 2. The highest BCUT2D eigenvalue weighted by Crippen LogP contribution is 2.29. The molecule has 0 saturated carbocycles. The summed E-state index contributed by atoms with van der Waals surface area (Å²) in [5.74, 6) is 0. The lowest BCUT2D eigenvalue weighted by molar-refractivity contribution is -0.137. The van der Waals surface area contributed by atoms with Gasteiger partial charge in [-0.1, -0.05) is 0 Å². The Balaban J connectivity index is 2.05. The molecule has 5 nitrogen and oxygen atoms in total. The molecule has 0 aliphatic carbocycles. The Morgan fingerprint density at radius 3 is 2.73 bits per heavy atom. The number of aryl methyl sites for hydroxylation is 1. The average molecular weight is 331 g/mol. The van der Waals surface area contributed by atoms with Gasteiger partial charge >= 0.3 is 12.2 Å². The van der Waals surface area contributed by atoms with Crippen molar-refractivity contribution in [3.63, 3.8) is 0 Å². The Hall–Kier alpha value is -2.29. The quantitative estimate of drug-likeness (QED) is 0.808. The summed E-state index contributed by atoms with van der Waals surface area (Å²) in [5, 5.41) is 6.46. The van der Waals surface area contributed by atoms with E-state index in [0.29, 0.717) is 12.3 Å². The van der Waals surface area contributed by atoms with Crippen molar-refractivity contribution in [2.45, 2.75) is 19.6 Å². The van der Waals surface area contributed by atoms with Crippen LogP contribution >= 0.6 is 11.3 Å². The Labute approximate surface area is 127 Å². The van der Waals surface area contributed by atoms with Crippen LogP contribution in [-0.4, -0.2) is 11.0 Å². The third-order valence-electron chi connectivity index (χ3n) is 2.86. The Morgan fingerprint density at radius 2 is 2.14 bits per heavy atom. The molecule has 2 aromatic heterocycles. The largest absolute Gasteiger partial charge is 0.417 e. The van der Waals surface area contributed by atoms with Crippen molar-refractivity contribution >= 4 is 23.1 Å². The standard InChI is InChI=1S/C13H12F3N3O2S/c1-7-2-3-22-10(7)6-18-12(21)19-9-4-8(13(14,15)16)5-17-11(9)20/h2-5H,6H2,1H3,(H,17,20)(H2,18,19,21).